The molecule has 0 fully saturated rings. The Morgan fingerprint density at radius 3 is 2.43 bits per heavy atom. The molecule has 1 unspecified atom stereocenters. The van der Waals surface area contributed by atoms with Crippen LogP contribution in [-0.2, 0) is 13.1 Å². The van der Waals surface area contributed by atoms with E-state index in [-0.39, 0.29) is 5.56 Å². The molecule has 0 spiro atoms. The highest BCUT2D eigenvalue weighted by molar-refractivity contribution is 5.81. The third-order valence-electron chi connectivity index (χ3n) is 4.77. The predicted molar refractivity (Wildman–Crippen MR) is 107 cm³/mol. The number of benzene rings is 2. The summed E-state index contributed by atoms with van der Waals surface area (Å²) in [7, 11) is 4.77. The van der Waals surface area contributed by atoms with Crippen LogP contribution in [0.2, 0.25) is 0 Å². The van der Waals surface area contributed by atoms with Crippen molar-refractivity contribution in [2.45, 2.75) is 20.0 Å². The first kappa shape index (κ1) is 19.7. The fraction of sp³-hybridized carbons (Fsp3) is 0.333. The van der Waals surface area contributed by atoms with Crippen molar-refractivity contribution < 1.29 is 19.1 Å². The van der Waals surface area contributed by atoms with E-state index in [0.29, 0.717) is 34.8 Å². The molecule has 3 rings (SSSR count). The van der Waals surface area contributed by atoms with Gasteiger partial charge in [-0.15, -0.1) is 0 Å². The average Bonchev–Trinajstić information content (AvgIpc) is 2.72. The number of nitrogens with one attached hydrogen (secondary N) is 2. The Kier molecular flexibility index (Phi) is 6.16. The van der Waals surface area contributed by atoms with Crippen molar-refractivity contribution in [1.29, 1.82) is 0 Å². The van der Waals surface area contributed by atoms with E-state index in [4.69, 9.17) is 14.2 Å². The molecule has 3 aromatic rings. The van der Waals surface area contributed by atoms with Crippen molar-refractivity contribution >= 4 is 10.9 Å². The smallest absolute Gasteiger partial charge is 0.259 e. The molecular weight excluding hydrogens is 358 g/mol. The van der Waals surface area contributed by atoms with Crippen molar-refractivity contribution in [3.05, 3.63) is 58.1 Å². The van der Waals surface area contributed by atoms with E-state index in [1.54, 1.807) is 33.5 Å². The number of nitrogens with zero attached hydrogens (tertiary/aromatic N) is 1. The summed E-state index contributed by atoms with van der Waals surface area (Å²) < 4.78 is 15.9. The summed E-state index contributed by atoms with van der Waals surface area (Å²) in [5, 5.41) is 0.479. The van der Waals surface area contributed by atoms with Crippen LogP contribution in [0, 0.1) is 0 Å². The van der Waals surface area contributed by atoms with Crippen molar-refractivity contribution in [3.63, 3.8) is 0 Å². The van der Waals surface area contributed by atoms with E-state index in [9.17, 15) is 4.79 Å². The summed E-state index contributed by atoms with van der Waals surface area (Å²) in [6, 6.07) is 11.4. The first-order chi connectivity index (χ1) is 13.6. The molecule has 28 heavy (non-hydrogen) atoms. The van der Waals surface area contributed by atoms with Crippen molar-refractivity contribution in [2.75, 3.05) is 27.9 Å². The molecule has 7 nitrogen and oxygen atoms in total. The second-order valence-corrected chi connectivity index (χ2v) is 6.55. The summed E-state index contributed by atoms with van der Waals surface area (Å²) in [5.41, 5.74) is 1.58. The maximum Gasteiger partial charge on any atom is 0.259 e. The third-order valence-corrected chi connectivity index (χ3v) is 4.77. The lowest BCUT2D eigenvalue weighted by Crippen LogP contribution is -3.09. The van der Waals surface area contributed by atoms with E-state index in [2.05, 4.69) is 23.0 Å². The molecule has 148 valence electrons. The monoisotopic (exact) mass is 384 g/mol. The number of rotatable bonds is 8. The number of quaternary nitrogens is 1. The van der Waals surface area contributed by atoms with Gasteiger partial charge in [0.2, 0.25) is 0 Å². The van der Waals surface area contributed by atoms with Crippen LogP contribution in [0.15, 0.2) is 41.2 Å². The van der Waals surface area contributed by atoms with Crippen LogP contribution in [0.25, 0.3) is 10.9 Å². The largest absolute Gasteiger partial charge is 0.497 e. The Hall–Kier alpha value is -3.06. The predicted octanol–water partition coefficient (Wildman–Crippen LogP) is 1.55. The van der Waals surface area contributed by atoms with Crippen LogP contribution in [0.1, 0.15) is 18.3 Å². The number of fused-ring (bicyclic) bond motifs is 1. The van der Waals surface area contributed by atoms with Gasteiger partial charge in [-0.25, -0.2) is 4.98 Å². The molecule has 0 amide bonds. The maximum atomic E-state index is 12.6. The molecule has 0 aliphatic rings. The molecule has 0 aliphatic carbocycles. The number of methoxy groups -OCH3 is 3. The summed E-state index contributed by atoms with van der Waals surface area (Å²) in [4.78, 5) is 21.4. The molecule has 1 aromatic heterocycles. The Balaban J connectivity index is 1.88. The molecule has 0 aliphatic heterocycles. The lowest BCUT2D eigenvalue weighted by atomic mass is 10.2. The second kappa shape index (κ2) is 8.75. The first-order valence-corrected chi connectivity index (χ1v) is 9.19. The van der Waals surface area contributed by atoms with E-state index in [0.717, 1.165) is 18.8 Å². The van der Waals surface area contributed by atoms with Gasteiger partial charge in [-0.1, -0.05) is 12.1 Å². The topological polar surface area (TPSA) is 77.9 Å². The van der Waals surface area contributed by atoms with Gasteiger partial charge in [-0.05, 0) is 25.1 Å². The average molecular weight is 384 g/mol. The number of hydrogen-bond acceptors (Lipinski definition) is 5. The van der Waals surface area contributed by atoms with Crippen LogP contribution in [0.4, 0.5) is 0 Å². The molecule has 0 saturated heterocycles. The molecular formula is C21H26N3O4+. The normalized spacial score (nSPS) is 12.0. The minimum Gasteiger partial charge on any atom is -0.497 e. The lowest BCUT2D eigenvalue weighted by molar-refractivity contribution is -0.926. The first-order valence-electron chi connectivity index (χ1n) is 9.19. The van der Waals surface area contributed by atoms with Crippen LogP contribution in [-0.4, -0.2) is 37.8 Å². The Morgan fingerprint density at radius 1 is 1.00 bits per heavy atom. The second-order valence-electron chi connectivity index (χ2n) is 6.55. The number of aromatic nitrogens is 2. The zero-order valence-corrected chi connectivity index (χ0v) is 16.7. The SMILES string of the molecule is CC[NH+](Cc1cccc(OC)c1)Cc1nc2cc(OC)c(OC)cc2c(=O)[nH]1. The van der Waals surface area contributed by atoms with Gasteiger partial charge in [0, 0.05) is 11.6 Å². The molecule has 1 heterocycles. The highest BCUT2D eigenvalue weighted by atomic mass is 16.5. The number of hydrogen-bond donors (Lipinski definition) is 2. The summed E-state index contributed by atoms with van der Waals surface area (Å²) >= 11 is 0. The number of aromatic amines is 1. The van der Waals surface area contributed by atoms with Crippen LogP contribution in [0.3, 0.4) is 0 Å². The minimum absolute atomic E-state index is 0.183. The fourth-order valence-electron chi connectivity index (χ4n) is 3.22. The van der Waals surface area contributed by atoms with Gasteiger partial charge in [0.15, 0.2) is 17.3 Å². The standard InChI is InChI=1S/C21H25N3O4/c1-5-24(12-14-7-6-8-15(9-14)26-2)13-20-22-17-11-19(28-4)18(27-3)10-16(17)21(25)23-20/h6-11H,5,12-13H2,1-4H3,(H,22,23,25)/p+1. The molecule has 0 saturated carbocycles. The van der Waals surface area contributed by atoms with Gasteiger partial charge >= 0.3 is 0 Å². The molecule has 2 aromatic carbocycles. The van der Waals surface area contributed by atoms with Gasteiger partial charge in [0.25, 0.3) is 5.56 Å². The van der Waals surface area contributed by atoms with E-state index in [1.807, 2.05) is 18.2 Å². The summed E-state index contributed by atoms with van der Waals surface area (Å²) in [6.45, 7) is 4.42. The Labute approximate surface area is 163 Å². The van der Waals surface area contributed by atoms with Gasteiger partial charge in [-0.3, -0.25) is 4.79 Å². The lowest BCUT2D eigenvalue weighted by Gasteiger charge is -2.18. The van der Waals surface area contributed by atoms with Crippen molar-refractivity contribution in [2.24, 2.45) is 0 Å². The quantitative estimate of drug-likeness (QED) is 0.616. The Morgan fingerprint density at radius 2 is 1.75 bits per heavy atom. The van der Waals surface area contributed by atoms with E-state index in [1.165, 1.54) is 10.5 Å². The van der Waals surface area contributed by atoms with Crippen LogP contribution < -0.4 is 24.7 Å². The maximum absolute atomic E-state index is 12.6. The van der Waals surface area contributed by atoms with Crippen LogP contribution >= 0.6 is 0 Å². The number of H-pyrrole nitrogens is 1. The molecule has 2 N–H and O–H groups in total. The van der Waals surface area contributed by atoms with Crippen LogP contribution in [0.5, 0.6) is 17.2 Å². The zero-order chi connectivity index (χ0) is 20.1. The highest BCUT2D eigenvalue weighted by Gasteiger charge is 2.15. The summed E-state index contributed by atoms with van der Waals surface area (Å²) in [5.74, 6) is 2.54. The van der Waals surface area contributed by atoms with Gasteiger partial charge in [0.1, 0.15) is 18.8 Å². The Bertz CT molecular complexity index is 1020. The van der Waals surface area contributed by atoms with E-state index >= 15 is 0 Å². The summed E-state index contributed by atoms with van der Waals surface area (Å²) in [6.07, 6.45) is 0. The van der Waals surface area contributed by atoms with E-state index < -0.39 is 0 Å². The molecule has 0 bridgehead atoms. The van der Waals surface area contributed by atoms with Gasteiger partial charge in [0.05, 0.1) is 38.8 Å². The minimum atomic E-state index is -0.183. The molecule has 0 radical (unpaired) electrons. The highest BCUT2D eigenvalue weighted by Crippen LogP contribution is 2.29. The third kappa shape index (κ3) is 4.26. The molecule has 7 heteroatoms. The van der Waals surface area contributed by atoms with Gasteiger partial charge in [-0.2, -0.15) is 0 Å². The fourth-order valence-corrected chi connectivity index (χ4v) is 3.22. The number of ether oxygens (including phenoxy) is 3. The van der Waals surface area contributed by atoms with Gasteiger partial charge < -0.3 is 24.1 Å². The van der Waals surface area contributed by atoms with Crippen molar-refractivity contribution in [3.8, 4) is 17.2 Å². The van der Waals surface area contributed by atoms with Crippen molar-refractivity contribution in [1.82, 2.24) is 9.97 Å². The molecule has 1 atom stereocenters. The zero-order valence-electron chi connectivity index (χ0n) is 16.7.